The molecule has 2 aromatic carbocycles. The van der Waals surface area contributed by atoms with Crippen molar-refractivity contribution in [2.45, 2.75) is 6.18 Å². The fourth-order valence-electron chi connectivity index (χ4n) is 3.05. The normalized spacial score (nSPS) is 11.6. The van der Waals surface area contributed by atoms with Gasteiger partial charge < -0.3 is 14.2 Å². The number of hydrogen-bond acceptors (Lipinski definition) is 4. The topological polar surface area (TPSA) is 72.5 Å². The third-order valence-corrected chi connectivity index (χ3v) is 5.09. The predicted molar refractivity (Wildman–Crippen MR) is 121 cm³/mol. The number of anilines is 1. The van der Waals surface area contributed by atoms with Crippen molar-refractivity contribution < 1.29 is 31.6 Å². The molecule has 0 spiro atoms. The first-order valence-corrected chi connectivity index (χ1v) is 10.2. The smallest absolute Gasteiger partial charge is 0.416 e. The lowest BCUT2D eigenvalue weighted by molar-refractivity contribution is -0.137. The largest absolute Gasteiger partial charge is 0.459 e. The maximum Gasteiger partial charge on any atom is 0.416 e. The zero-order valence-corrected chi connectivity index (χ0v) is 18.0. The molecule has 0 aliphatic rings. The van der Waals surface area contributed by atoms with Crippen LogP contribution in [0.4, 0.5) is 18.9 Å². The summed E-state index contributed by atoms with van der Waals surface area (Å²) in [4.78, 5) is 24.4. The molecule has 0 saturated heterocycles. The molecule has 4 rings (SSSR count). The number of alkyl halides is 3. The number of furan rings is 2. The molecule has 2 heterocycles. The molecule has 4 aromatic rings. The Labute approximate surface area is 196 Å². The number of rotatable bonds is 6. The van der Waals surface area contributed by atoms with Gasteiger partial charge in [-0.1, -0.05) is 11.6 Å². The van der Waals surface area contributed by atoms with E-state index in [9.17, 15) is 22.8 Å². The van der Waals surface area contributed by atoms with Gasteiger partial charge in [-0.3, -0.25) is 9.59 Å². The first kappa shape index (κ1) is 23.1. The van der Waals surface area contributed by atoms with E-state index in [1.54, 1.807) is 30.3 Å². The van der Waals surface area contributed by atoms with E-state index in [1.807, 2.05) is 0 Å². The van der Waals surface area contributed by atoms with Crippen LogP contribution < -0.4 is 5.32 Å². The zero-order chi connectivity index (χ0) is 24.3. The van der Waals surface area contributed by atoms with Crippen LogP contribution in [-0.4, -0.2) is 11.7 Å². The molecule has 0 fully saturated rings. The summed E-state index contributed by atoms with van der Waals surface area (Å²) in [7, 11) is 0. The maximum atomic E-state index is 13.0. The lowest BCUT2D eigenvalue weighted by Crippen LogP contribution is -2.10. The third kappa shape index (κ3) is 5.29. The van der Waals surface area contributed by atoms with Crippen molar-refractivity contribution in [2.24, 2.45) is 0 Å². The summed E-state index contributed by atoms with van der Waals surface area (Å²) in [5, 5.41) is 2.75. The van der Waals surface area contributed by atoms with E-state index in [0.717, 1.165) is 18.2 Å². The van der Waals surface area contributed by atoms with Gasteiger partial charge in [0, 0.05) is 16.8 Å². The molecule has 0 unspecified atom stereocenters. The minimum absolute atomic E-state index is 0.0923. The second kappa shape index (κ2) is 9.44. The number of hydrogen-bond donors (Lipinski definition) is 1. The molecule has 2 aromatic heterocycles. The second-order valence-electron chi connectivity index (χ2n) is 7.10. The highest BCUT2D eigenvalue weighted by Gasteiger charge is 2.31. The highest BCUT2D eigenvalue weighted by molar-refractivity contribution is 6.33. The highest BCUT2D eigenvalue weighted by Crippen LogP contribution is 2.36. The van der Waals surface area contributed by atoms with E-state index in [1.165, 1.54) is 36.6 Å². The van der Waals surface area contributed by atoms with Gasteiger partial charge in [-0.2, -0.15) is 13.2 Å². The Kier molecular flexibility index (Phi) is 6.43. The molecular formula is C25H15ClF3NO4. The minimum Gasteiger partial charge on any atom is -0.459 e. The van der Waals surface area contributed by atoms with Gasteiger partial charge in [-0.15, -0.1) is 0 Å². The van der Waals surface area contributed by atoms with Crippen LogP contribution in [0.2, 0.25) is 5.02 Å². The van der Waals surface area contributed by atoms with Crippen LogP contribution in [0.1, 0.15) is 32.2 Å². The van der Waals surface area contributed by atoms with Crippen LogP contribution in [0.25, 0.3) is 17.4 Å². The minimum atomic E-state index is -4.52. The Hall–Kier alpha value is -4.04. The van der Waals surface area contributed by atoms with E-state index in [2.05, 4.69) is 5.32 Å². The Morgan fingerprint density at radius 2 is 1.74 bits per heavy atom. The SMILES string of the molecule is O=C(/C=C/c1ccc(-c2cc(C(F)(F)F)ccc2Cl)o1)c1ccc(NC(=O)c2ccco2)cc1. The Bertz CT molecular complexity index is 1350. The van der Waals surface area contributed by atoms with Gasteiger partial charge in [-0.05, 0) is 78.9 Å². The molecule has 0 aliphatic heterocycles. The number of nitrogens with one attached hydrogen (secondary N) is 1. The summed E-state index contributed by atoms with van der Waals surface area (Å²) in [6.45, 7) is 0. The standard InChI is InChI=1S/C25H15ClF3NO4/c26-20-10-5-16(25(27,28)29)14-19(20)22-12-9-18(34-22)8-11-21(31)15-3-6-17(7-4-15)30-24(32)23-2-1-13-33-23/h1-14H,(H,30,32)/b11-8+. The van der Waals surface area contributed by atoms with Crippen molar-refractivity contribution in [1.82, 2.24) is 0 Å². The molecule has 9 heteroatoms. The summed E-state index contributed by atoms with van der Waals surface area (Å²) in [6.07, 6.45) is -0.454. The molecule has 1 N–H and O–H groups in total. The molecule has 1 amide bonds. The second-order valence-corrected chi connectivity index (χ2v) is 7.51. The van der Waals surface area contributed by atoms with Crippen molar-refractivity contribution >= 4 is 35.1 Å². The van der Waals surface area contributed by atoms with Crippen LogP contribution in [0.3, 0.4) is 0 Å². The maximum absolute atomic E-state index is 13.0. The molecule has 0 aliphatic carbocycles. The van der Waals surface area contributed by atoms with Crippen molar-refractivity contribution in [1.29, 1.82) is 0 Å². The average Bonchev–Trinajstić information content (AvgIpc) is 3.50. The number of carbonyl (C=O) groups excluding carboxylic acids is 2. The fraction of sp³-hybridized carbons (Fsp3) is 0.0400. The van der Waals surface area contributed by atoms with Gasteiger partial charge in [0.2, 0.25) is 0 Å². The van der Waals surface area contributed by atoms with Crippen LogP contribution in [0, 0.1) is 0 Å². The molecule has 34 heavy (non-hydrogen) atoms. The van der Waals surface area contributed by atoms with E-state index >= 15 is 0 Å². The van der Waals surface area contributed by atoms with Gasteiger partial charge in [0.15, 0.2) is 11.5 Å². The number of allylic oxidation sites excluding steroid dienone is 1. The van der Waals surface area contributed by atoms with Crippen LogP contribution in [0.15, 0.2) is 87.9 Å². The lowest BCUT2D eigenvalue weighted by atomic mass is 10.1. The Morgan fingerprint density at radius 1 is 0.971 bits per heavy atom. The first-order valence-electron chi connectivity index (χ1n) is 9.85. The van der Waals surface area contributed by atoms with Gasteiger partial charge in [0.1, 0.15) is 11.5 Å². The Balaban J connectivity index is 1.44. The summed E-state index contributed by atoms with van der Waals surface area (Å²) in [5.74, 6) is -0.191. The lowest BCUT2D eigenvalue weighted by Gasteiger charge is -2.09. The molecule has 5 nitrogen and oxygen atoms in total. The van der Waals surface area contributed by atoms with Crippen molar-refractivity contribution in [3.05, 3.63) is 107 Å². The first-order chi connectivity index (χ1) is 16.2. The molecule has 172 valence electrons. The summed E-state index contributed by atoms with van der Waals surface area (Å²) < 4.78 is 49.6. The van der Waals surface area contributed by atoms with Crippen molar-refractivity contribution in [3.8, 4) is 11.3 Å². The summed E-state index contributed by atoms with van der Waals surface area (Å²) >= 11 is 6.04. The number of halogens is 4. The quantitative estimate of drug-likeness (QED) is 0.229. The molecular weight excluding hydrogens is 471 g/mol. The van der Waals surface area contributed by atoms with Gasteiger partial charge in [0.25, 0.3) is 5.91 Å². The molecule has 0 radical (unpaired) electrons. The number of amides is 1. The molecule has 0 saturated carbocycles. The summed E-state index contributed by atoms with van der Waals surface area (Å²) in [6, 6.07) is 15.3. The van der Waals surface area contributed by atoms with Crippen molar-refractivity contribution in [2.75, 3.05) is 5.32 Å². The highest BCUT2D eigenvalue weighted by atomic mass is 35.5. The van der Waals surface area contributed by atoms with Crippen LogP contribution >= 0.6 is 11.6 Å². The number of benzene rings is 2. The van der Waals surface area contributed by atoms with E-state index in [-0.39, 0.29) is 33.7 Å². The fourth-order valence-corrected chi connectivity index (χ4v) is 3.26. The number of carbonyl (C=O) groups is 2. The predicted octanol–water partition coefficient (Wildman–Crippen LogP) is 7.36. The molecule has 0 bridgehead atoms. The van der Waals surface area contributed by atoms with Gasteiger partial charge >= 0.3 is 6.18 Å². The molecule has 0 atom stereocenters. The van der Waals surface area contributed by atoms with E-state index in [4.69, 9.17) is 20.4 Å². The summed E-state index contributed by atoms with van der Waals surface area (Å²) in [5.41, 5.74) is 0.0875. The number of ketones is 1. The van der Waals surface area contributed by atoms with Crippen molar-refractivity contribution in [3.63, 3.8) is 0 Å². The monoisotopic (exact) mass is 485 g/mol. The average molecular weight is 486 g/mol. The van der Waals surface area contributed by atoms with Gasteiger partial charge in [-0.25, -0.2) is 0 Å². The van der Waals surface area contributed by atoms with E-state index < -0.39 is 17.6 Å². The van der Waals surface area contributed by atoms with Gasteiger partial charge in [0.05, 0.1) is 16.8 Å². The van der Waals surface area contributed by atoms with E-state index in [0.29, 0.717) is 11.3 Å². The van der Waals surface area contributed by atoms with Crippen LogP contribution in [0.5, 0.6) is 0 Å². The third-order valence-electron chi connectivity index (χ3n) is 4.76. The van der Waals surface area contributed by atoms with Crippen LogP contribution in [-0.2, 0) is 6.18 Å². The zero-order valence-electron chi connectivity index (χ0n) is 17.2. The Morgan fingerprint density at radius 3 is 2.41 bits per heavy atom.